The minimum atomic E-state index is 0.495. The van der Waals surface area contributed by atoms with Gasteiger partial charge in [-0.3, -0.25) is 0 Å². The second-order valence-electron chi connectivity index (χ2n) is 5.40. The van der Waals surface area contributed by atoms with Crippen LogP contribution in [0.15, 0.2) is 0 Å². The fraction of sp³-hybridized carbons (Fsp3) is 1.00. The Bertz CT molecular complexity index is 191. The van der Waals surface area contributed by atoms with Crippen LogP contribution in [0.2, 0.25) is 0 Å². The second kappa shape index (κ2) is 5.99. The molecule has 0 unspecified atom stereocenters. The highest BCUT2D eigenvalue weighted by Crippen LogP contribution is 2.39. The maximum atomic E-state index is 5.51. The molecule has 2 aliphatic rings. The van der Waals surface area contributed by atoms with Crippen LogP contribution in [-0.4, -0.2) is 40.0 Å². The average molecular weight is 227 g/mol. The largest absolute Gasteiger partial charge is 0.381 e. The summed E-state index contributed by atoms with van der Waals surface area (Å²) in [4.78, 5) is 0. The lowest BCUT2D eigenvalue weighted by Crippen LogP contribution is -2.40. The van der Waals surface area contributed by atoms with Crippen LogP contribution >= 0.6 is 0 Å². The van der Waals surface area contributed by atoms with Crippen molar-refractivity contribution >= 4 is 0 Å². The summed E-state index contributed by atoms with van der Waals surface area (Å²) >= 11 is 0. The zero-order valence-corrected chi connectivity index (χ0v) is 10.5. The van der Waals surface area contributed by atoms with Gasteiger partial charge in [-0.2, -0.15) is 0 Å². The van der Waals surface area contributed by atoms with Crippen molar-refractivity contribution in [1.29, 1.82) is 0 Å². The Balaban J connectivity index is 1.89. The molecule has 0 radical (unpaired) electrons. The van der Waals surface area contributed by atoms with Gasteiger partial charge in [-0.25, -0.2) is 0 Å². The molecule has 0 amide bonds. The zero-order valence-electron chi connectivity index (χ0n) is 10.5. The third kappa shape index (κ3) is 3.19. The van der Waals surface area contributed by atoms with E-state index < -0.39 is 0 Å². The summed E-state index contributed by atoms with van der Waals surface area (Å²) < 4.78 is 10.9. The molecule has 3 heteroatoms. The Hall–Kier alpha value is -0.120. The molecule has 3 nitrogen and oxygen atoms in total. The van der Waals surface area contributed by atoms with Gasteiger partial charge >= 0.3 is 0 Å². The summed E-state index contributed by atoms with van der Waals surface area (Å²) in [6.45, 7) is 4.98. The average Bonchev–Trinajstić information content (AvgIpc) is 2.31. The minimum absolute atomic E-state index is 0.495. The van der Waals surface area contributed by atoms with E-state index in [0.717, 1.165) is 38.9 Å². The predicted molar refractivity (Wildman–Crippen MR) is 64.6 cm³/mol. The van der Waals surface area contributed by atoms with E-state index in [2.05, 4.69) is 12.4 Å². The Morgan fingerprint density at radius 2 is 1.69 bits per heavy atom. The summed E-state index contributed by atoms with van der Waals surface area (Å²) in [7, 11) is 2.07. The van der Waals surface area contributed by atoms with Crippen molar-refractivity contribution in [3.63, 3.8) is 0 Å². The highest BCUT2D eigenvalue weighted by Gasteiger charge is 2.34. The highest BCUT2D eigenvalue weighted by molar-refractivity contribution is 4.86. The fourth-order valence-corrected chi connectivity index (χ4v) is 3.20. The molecule has 0 spiro atoms. The third-order valence-corrected chi connectivity index (χ3v) is 4.17. The quantitative estimate of drug-likeness (QED) is 0.794. The molecule has 16 heavy (non-hydrogen) atoms. The number of hydrogen-bond donors (Lipinski definition) is 1. The van der Waals surface area contributed by atoms with Crippen LogP contribution in [-0.2, 0) is 9.47 Å². The van der Waals surface area contributed by atoms with Crippen LogP contribution < -0.4 is 5.32 Å². The van der Waals surface area contributed by atoms with E-state index in [-0.39, 0.29) is 0 Å². The maximum Gasteiger partial charge on any atom is 0.0471 e. The second-order valence-corrected chi connectivity index (χ2v) is 5.40. The molecule has 0 aromatic rings. The summed E-state index contributed by atoms with van der Waals surface area (Å²) in [5.74, 6) is 0.875. The molecule has 0 bridgehead atoms. The Kier molecular flexibility index (Phi) is 4.62. The third-order valence-electron chi connectivity index (χ3n) is 4.17. The van der Waals surface area contributed by atoms with Gasteiger partial charge in [-0.05, 0) is 50.5 Å². The number of nitrogens with one attached hydrogen (secondary N) is 1. The van der Waals surface area contributed by atoms with E-state index in [4.69, 9.17) is 9.47 Å². The molecule has 0 atom stereocenters. The SMILES string of the molecule is CNCC1(CC2CCOCC2)CCOCC1. The smallest absolute Gasteiger partial charge is 0.0471 e. The van der Waals surface area contributed by atoms with E-state index in [1.807, 2.05) is 0 Å². The lowest BCUT2D eigenvalue weighted by molar-refractivity contribution is -0.0129. The van der Waals surface area contributed by atoms with Crippen molar-refractivity contribution in [2.75, 3.05) is 40.0 Å². The monoisotopic (exact) mass is 227 g/mol. The Labute approximate surface area is 98.9 Å². The van der Waals surface area contributed by atoms with Crippen LogP contribution in [0.3, 0.4) is 0 Å². The first-order valence-corrected chi connectivity index (χ1v) is 6.65. The van der Waals surface area contributed by atoms with E-state index in [1.54, 1.807) is 0 Å². The Morgan fingerprint density at radius 3 is 2.31 bits per heavy atom. The van der Waals surface area contributed by atoms with Crippen molar-refractivity contribution in [2.24, 2.45) is 11.3 Å². The molecule has 94 valence electrons. The van der Waals surface area contributed by atoms with Gasteiger partial charge in [-0.15, -0.1) is 0 Å². The van der Waals surface area contributed by atoms with Gasteiger partial charge in [-0.1, -0.05) is 0 Å². The number of hydrogen-bond acceptors (Lipinski definition) is 3. The summed E-state index contributed by atoms with van der Waals surface area (Å²) in [6, 6.07) is 0. The van der Waals surface area contributed by atoms with Gasteiger partial charge in [0.15, 0.2) is 0 Å². The molecule has 2 heterocycles. The summed E-state index contributed by atoms with van der Waals surface area (Å²) in [6.07, 6.45) is 6.33. The molecular weight excluding hydrogens is 202 g/mol. The lowest BCUT2D eigenvalue weighted by atomic mass is 9.72. The first kappa shape index (κ1) is 12.3. The standard InChI is InChI=1S/C13H25NO2/c1-14-11-13(4-8-16-9-5-13)10-12-2-6-15-7-3-12/h12,14H,2-11H2,1H3. The highest BCUT2D eigenvalue weighted by atomic mass is 16.5. The van der Waals surface area contributed by atoms with Gasteiger partial charge in [0.2, 0.25) is 0 Å². The van der Waals surface area contributed by atoms with Gasteiger partial charge in [0, 0.05) is 33.0 Å². The van der Waals surface area contributed by atoms with Crippen LogP contribution in [0, 0.1) is 11.3 Å². The van der Waals surface area contributed by atoms with Gasteiger partial charge in [0.25, 0.3) is 0 Å². The van der Waals surface area contributed by atoms with Crippen molar-refractivity contribution in [1.82, 2.24) is 5.32 Å². The van der Waals surface area contributed by atoms with Crippen molar-refractivity contribution in [3.05, 3.63) is 0 Å². The van der Waals surface area contributed by atoms with Gasteiger partial charge in [0.1, 0.15) is 0 Å². The zero-order chi connectivity index (χ0) is 11.3. The number of rotatable bonds is 4. The van der Waals surface area contributed by atoms with Crippen LogP contribution in [0.5, 0.6) is 0 Å². The maximum absolute atomic E-state index is 5.51. The minimum Gasteiger partial charge on any atom is -0.381 e. The van der Waals surface area contributed by atoms with Gasteiger partial charge < -0.3 is 14.8 Å². The van der Waals surface area contributed by atoms with E-state index in [0.29, 0.717) is 5.41 Å². The van der Waals surface area contributed by atoms with E-state index >= 15 is 0 Å². The van der Waals surface area contributed by atoms with Crippen LogP contribution in [0.4, 0.5) is 0 Å². The van der Waals surface area contributed by atoms with Crippen molar-refractivity contribution in [2.45, 2.75) is 32.1 Å². The Morgan fingerprint density at radius 1 is 1.06 bits per heavy atom. The molecule has 0 aromatic heterocycles. The topological polar surface area (TPSA) is 30.5 Å². The first-order valence-electron chi connectivity index (χ1n) is 6.65. The fourth-order valence-electron chi connectivity index (χ4n) is 3.20. The van der Waals surface area contributed by atoms with Crippen molar-refractivity contribution < 1.29 is 9.47 Å². The normalized spacial score (nSPS) is 26.8. The van der Waals surface area contributed by atoms with E-state index in [1.165, 1.54) is 32.1 Å². The molecule has 0 aliphatic carbocycles. The first-order chi connectivity index (χ1) is 7.85. The molecule has 1 N–H and O–H groups in total. The van der Waals surface area contributed by atoms with Gasteiger partial charge in [0.05, 0.1) is 0 Å². The molecule has 0 saturated carbocycles. The molecule has 2 rings (SSSR count). The summed E-state index contributed by atoms with van der Waals surface area (Å²) in [5.41, 5.74) is 0.495. The predicted octanol–water partition coefficient (Wildman–Crippen LogP) is 1.82. The van der Waals surface area contributed by atoms with Crippen LogP contribution in [0.25, 0.3) is 0 Å². The number of ether oxygens (including phenoxy) is 2. The lowest BCUT2D eigenvalue weighted by Gasteiger charge is -2.40. The van der Waals surface area contributed by atoms with Crippen LogP contribution in [0.1, 0.15) is 32.1 Å². The molecule has 2 fully saturated rings. The molecule has 2 saturated heterocycles. The summed E-state index contributed by atoms with van der Waals surface area (Å²) in [5, 5.41) is 3.38. The molecule has 2 aliphatic heterocycles. The van der Waals surface area contributed by atoms with E-state index in [9.17, 15) is 0 Å². The molecular formula is C13H25NO2. The van der Waals surface area contributed by atoms with Crippen molar-refractivity contribution in [3.8, 4) is 0 Å². The molecule has 0 aromatic carbocycles.